The van der Waals surface area contributed by atoms with E-state index in [0.29, 0.717) is 13.0 Å². The zero-order valence-corrected chi connectivity index (χ0v) is 14.4. The summed E-state index contributed by atoms with van der Waals surface area (Å²) < 4.78 is 0. The molecule has 0 aliphatic carbocycles. The lowest BCUT2D eigenvalue weighted by Crippen LogP contribution is -2.36. The molecular formula is C22H19N3O. The largest absolute Gasteiger partial charge is 0.358 e. The molecule has 0 spiro atoms. The average molecular weight is 341 g/mol. The number of nitrogens with zero attached hydrogens (tertiary/aromatic N) is 2. The Morgan fingerprint density at radius 3 is 2.92 bits per heavy atom. The second-order valence-electron chi connectivity index (χ2n) is 6.86. The number of pyridine rings is 1. The molecule has 1 N–H and O–H groups in total. The Balaban J connectivity index is 1.43. The van der Waals surface area contributed by atoms with E-state index in [-0.39, 0.29) is 5.91 Å². The molecule has 1 amide bonds. The van der Waals surface area contributed by atoms with Gasteiger partial charge < -0.3 is 9.88 Å². The van der Waals surface area contributed by atoms with Crippen molar-refractivity contribution in [3.05, 3.63) is 77.6 Å². The monoisotopic (exact) mass is 341 g/mol. The Morgan fingerprint density at radius 2 is 1.96 bits per heavy atom. The normalized spacial score (nSPS) is 13.9. The first-order chi connectivity index (χ1) is 12.8. The summed E-state index contributed by atoms with van der Waals surface area (Å²) in [4.78, 5) is 22.9. The smallest absolute Gasteiger partial charge is 0.227 e. The summed E-state index contributed by atoms with van der Waals surface area (Å²) in [5, 5.41) is 2.31. The van der Waals surface area contributed by atoms with Gasteiger partial charge in [0.15, 0.2) is 0 Å². The number of aromatic amines is 1. The molecule has 0 unspecified atom stereocenters. The first-order valence-corrected chi connectivity index (χ1v) is 8.98. The van der Waals surface area contributed by atoms with E-state index < -0.39 is 0 Å². The summed E-state index contributed by atoms with van der Waals surface area (Å²) in [5.41, 5.74) is 5.61. The van der Waals surface area contributed by atoms with Gasteiger partial charge in [0.25, 0.3) is 0 Å². The van der Waals surface area contributed by atoms with Crippen LogP contribution in [0.2, 0.25) is 0 Å². The Labute approximate surface area is 151 Å². The molecule has 0 saturated heterocycles. The number of aromatic nitrogens is 2. The minimum atomic E-state index is 0.166. The van der Waals surface area contributed by atoms with E-state index >= 15 is 0 Å². The number of carbonyl (C=O) groups is 1. The summed E-state index contributed by atoms with van der Waals surface area (Å²) in [6.45, 7) is 1.44. The Bertz CT molecular complexity index is 1120. The maximum absolute atomic E-state index is 13.0. The summed E-state index contributed by atoms with van der Waals surface area (Å²) in [7, 11) is 0. The van der Waals surface area contributed by atoms with E-state index in [1.165, 1.54) is 16.6 Å². The van der Waals surface area contributed by atoms with Crippen molar-refractivity contribution >= 4 is 27.7 Å². The quantitative estimate of drug-likeness (QED) is 0.602. The van der Waals surface area contributed by atoms with E-state index in [2.05, 4.69) is 28.2 Å². The predicted molar refractivity (Wildman–Crippen MR) is 103 cm³/mol. The Kier molecular flexibility index (Phi) is 3.49. The molecule has 2 aromatic heterocycles. The number of carbonyl (C=O) groups excluding carboxylic acids is 1. The van der Waals surface area contributed by atoms with Gasteiger partial charge in [-0.05, 0) is 17.7 Å². The van der Waals surface area contributed by atoms with Crippen molar-refractivity contribution < 1.29 is 4.79 Å². The number of hydrogen-bond acceptors (Lipinski definition) is 2. The van der Waals surface area contributed by atoms with E-state index in [1.54, 1.807) is 6.20 Å². The molecule has 3 heterocycles. The highest BCUT2D eigenvalue weighted by atomic mass is 16.2. The third-order valence-corrected chi connectivity index (χ3v) is 5.29. The van der Waals surface area contributed by atoms with Gasteiger partial charge in [-0.3, -0.25) is 9.78 Å². The molecule has 0 atom stereocenters. The fourth-order valence-corrected chi connectivity index (χ4v) is 3.96. The van der Waals surface area contributed by atoms with Crippen LogP contribution in [0.4, 0.5) is 0 Å². The maximum atomic E-state index is 13.0. The number of H-pyrrole nitrogens is 1. The third-order valence-electron chi connectivity index (χ3n) is 5.29. The number of fused-ring (bicyclic) bond motifs is 4. The molecule has 26 heavy (non-hydrogen) atoms. The third kappa shape index (κ3) is 2.46. The standard InChI is InChI=1S/C22H19N3O/c26-21(13-16-6-3-5-15-7-4-11-23-22(15)16)25-12-10-20-18(14-25)17-8-1-2-9-19(17)24-20/h1-9,11,24H,10,12-14H2. The highest BCUT2D eigenvalue weighted by Gasteiger charge is 2.24. The van der Waals surface area contributed by atoms with Gasteiger partial charge in [0.2, 0.25) is 5.91 Å². The second kappa shape index (κ2) is 5.99. The fraction of sp³-hybridized carbons (Fsp3) is 0.182. The molecule has 4 nitrogen and oxygen atoms in total. The Hall–Kier alpha value is -3.14. The van der Waals surface area contributed by atoms with Gasteiger partial charge >= 0.3 is 0 Å². The van der Waals surface area contributed by atoms with Crippen molar-refractivity contribution in [1.82, 2.24) is 14.9 Å². The molecule has 2 aromatic carbocycles. The highest BCUT2D eigenvalue weighted by Crippen LogP contribution is 2.28. The van der Waals surface area contributed by atoms with Gasteiger partial charge in [-0.15, -0.1) is 0 Å². The van der Waals surface area contributed by atoms with Crippen LogP contribution in [-0.2, 0) is 24.2 Å². The Morgan fingerprint density at radius 1 is 1.08 bits per heavy atom. The number of nitrogens with one attached hydrogen (secondary N) is 1. The summed E-state index contributed by atoms with van der Waals surface area (Å²) >= 11 is 0. The summed E-state index contributed by atoms with van der Waals surface area (Å²) in [6, 6.07) is 18.3. The van der Waals surface area contributed by atoms with E-state index in [0.717, 1.165) is 34.9 Å². The molecular weight excluding hydrogens is 322 g/mol. The number of rotatable bonds is 2. The highest BCUT2D eigenvalue weighted by molar-refractivity contribution is 5.89. The molecule has 4 aromatic rings. The zero-order chi connectivity index (χ0) is 17.5. The van der Waals surface area contributed by atoms with Gasteiger partial charge in [-0.1, -0.05) is 42.5 Å². The molecule has 0 saturated carbocycles. The van der Waals surface area contributed by atoms with Gasteiger partial charge in [-0.25, -0.2) is 0 Å². The summed E-state index contributed by atoms with van der Waals surface area (Å²) in [5.74, 6) is 0.166. The van der Waals surface area contributed by atoms with E-state index in [1.807, 2.05) is 41.3 Å². The fourth-order valence-electron chi connectivity index (χ4n) is 3.96. The first kappa shape index (κ1) is 15.1. The number of para-hydroxylation sites is 2. The minimum absolute atomic E-state index is 0.166. The number of benzene rings is 2. The lowest BCUT2D eigenvalue weighted by molar-refractivity contribution is -0.131. The topological polar surface area (TPSA) is 49.0 Å². The molecule has 0 fully saturated rings. The number of hydrogen-bond donors (Lipinski definition) is 1. The van der Waals surface area contributed by atoms with Crippen LogP contribution in [0.5, 0.6) is 0 Å². The lowest BCUT2D eigenvalue weighted by Gasteiger charge is -2.27. The van der Waals surface area contributed by atoms with Crippen molar-refractivity contribution in [2.45, 2.75) is 19.4 Å². The van der Waals surface area contributed by atoms with Gasteiger partial charge in [0.05, 0.1) is 11.9 Å². The average Bonchev–Trinajstić information content (AvgIpc) is 3.06. The zero-order valence-electron chi connectivity index (χ0n) is 14.4. The van der Waals surface area contributed by atoms with Crippen molar-refractivity contribution in [3.8, 4) is 0 Å². The molecule has 1 aliphatic rings. The van der Waals surface area contributed by atoms with Crippen LogP contribution < -0.4 is 0 Å². The second-order valence-corrected chi connectivity index (χ2v) is 6.86. The first-order valence-electron chi connectivity index (χ1n) is 8.98. The van der Waals surface area contributed by atoms with Gasteiger partial charge in [-0.2, -0.15) is 0 Å². The van der Waals surface area contributed by atoms with Crippen LogP contribution in [-0.4, -0.2) is 27.3 Å². The van der Waals surface area contributed by atoms with Crippen molar-refractivity contribution in [3.63, 3.8) is 0 Å². The van der Waals surface area contributed by atoms with Gasteiger partial charge in [0, 0.05) is 53.3 Å². The van der Waals surface area contributed by atoms with Crippen LogP contribution in [0, 0.1) is 0 Å². The van der Waals surface area contributed by atoms with Crippen LogP contribution in [0.1, 0.15) is 16.8 Å². The van der Waals surface area contributed by atoms with Crippen LogP contribution in [0.15, 0.2) is 60.8 Å². The molecule has 5 rings (SSSR count). The minimum Gasteiger partial charge on any atom is -0.358 e. The molecule has 4 heteroatoms. The van der Waals surface area contributed by atoms with Crippen molar-refractivity contribution in [1.29, 1.82) is 0 Å². The van der Waals surface area contributed by atoms with Gasteiger partial charge in [0.1, 0.15) is 0 Å². The van der Waals surface area contributed by atoms with Crippen LogP contribution in [0.3, 0.4) is 0 Å². The van der Waals surface area contributed by atoms with Crippen LogP contribution >= 0.6 is 0 Å². The van der Waals surface area contributed by atoms with E-state index in [9.17, 15) is 4.79 Å². The maximum Gasteiger partial charge on any atom is 0.227 e. The summed E-state index contributed by atoms with van der Waals surface area (Å²) in [6.07, 6.45) is 3.06. The van der Waals surface area contributed by atoms with Crippen molar-refractivity contribution in [2.75, 3.05) is 6.54 Å². The van der Waals surface area contributed by atoms with Crippen molar-refractivity contribution in [2.24, 2.45) is 0 Å². The van der Waals surface area contributed by atoms with E-state index in [4.69, 9.17) is 0 Å². The molecule has 1 aliphatic heterocycles. The lowest BCUT2D eigenvalue weighted by atomic mass is 10.0. The number of amides is 1. The van der Waals surface area contributed by atoms with Crippen LogP contribution in [0.25, 0.3) is 21.8 Å². The molecule has 128 valence electrons. The predicted octanol–water partition coefficient (Wildman–Crippen LogP) is 3.84. The molecule has 0 radical (unpaired) electrons. The molecule has 0 bridgehead atoms. The SMILES string of the molecule is O=C(Cc1cccc2cccnc12)N1CCc2[nH]c3ccccc3c2C1.